The summed E-state index contributed by atoms with van der Waals surface area (Å²) in [5.41, 5.74) is -1.27. The van der Waals surface area contributed by atoms with Gasteiger partial charge in [-0.25, -0.2) is 4.79 Å². The molecule has 0 saturated carbocycles. The van der Waals surface area contributed by atoms with Crippen LogP contribution in [0.1, 0.15) is 0 Å². The molecule has 1 heterocycles. The molecule has 0 aromatic carbocycles. The third-order valence-electron chi connectivity index (χ3n) is 2.01. The molecule has 68 valence electrons. The van der Waals surface area contributed by atoms with Crippen molar-refractivity contribution in [2.75, 3.05) is 19.7 Å². The van der Waals surface area contributed by atoms with Crippen molar-refractivity contribution in [1.29, 1.82) is 0 Å². The van der Waals surface area contributed by atoms with E-state index in [0.717, 1.165) is 4.90 Å². The topological polar surface area (TPSA) is 98.1 Å². The first kappa shape index (κ1) is 8.79. The number of carboxylic acids is 1. The Labute approximate surface area is 68.0 Å². The zero-order chi connectivity index (χ0) is 9.35. The Morgan fingerprint density at radius 1 is 1.33 bits per heavy atom. The van der Waals surface area contributed by atoms with Crippen molar-refractivity contribution in [2.24, 2.45) is 5.41 Å². The summed E-state index contributed by atoms with van der Waals surface area (Å²) in [6.07, 6.45) is -1.15. The van der Waals surface area contributed by atoms with E-state index in [1.165, 1.54) is 0 Å². The first-order chi connectivity index (χ1) is 5.52. The van der Waals surface area contributed by atoms with Crippen LogP contribution in [0.4, 0.5) is 4.79 Å². The minimum absolute atomic E-state index is 0.131. The minimum Gasteiger partial charge on any atom is -0.481 e. The number of aliphatic hydroxyl groups is 1. The summed E-state index contributed by atoms with van der Waals surface area (Å²) in [7, 11) is 0. The molecule has 1 aliphatic rings. The Kier molecular flexibility index (Phi) is 1.93. The third kappa shape index (κ3) is 1.10. The predicted molar refractivity (Wildman–Crippen MR) is 36.8 cm³/mol. The molecule has 0 atom stereocenters. The van der Waals surface area contributed by atoms with Crippen molar-refractivity contribution in [3.63, 3.8) is 0 Å². The van der Waals surface area contributed by atoms with Crippen molar-refractivity contribution in [1.82, 2.24) is 4.90 Å². The van der Waals surface area contributed by atoms with E-state index in [1.807, 2.05) is 0 Å². The van der Waals surface area contributed by atoms with E-state index in [2.05, 4.69) is 0 Å². The van der Waals surface area contributed by atoms with Gasteiger partial charge in [0.2, 0.25) is 0 Å². The van der Waals surface area contributed by atoms with Gasteiger partial charge >= 0.3 is 12.1 Å². The molecular weight excluding hydrogens is 166 g/mol. The molecule has 0 radical (unpaired) electrons. The Bertz CT molecular complexity index is 220. The van der Waals surface area contributed by atoms with Gasteiger partial charge in [-0.2, -0.15) is 0 Å². The molecule has 0 bridgehead atoms. The number of amides is 1. The molecule has 0 spiro atoms. The molecule has 0 aromatic heterocycles. The fourth-order valence-corrected chi connectivity index (χ4v) is 1.12. The van der Waals surface area contributed by atoms with Gasteiger partial charge in [0.1, 0.15) is 5.41 Å². The van der Waals surface area contributed by atoms with Gasteiger partial charge < -0.3 is 20.2 Å². The molecule has 1 amide bonds. The maximum Gasteiger partial charge on any atom is 0.407 e. The van der Waals surface area contributed by atoms with Crippen LogP contribution < -0.4 is 0 Å². The molecule has 6 heteroatoms. The number of carbonyl (C=O) groups is 2. The first-order valence-electron chi connectivity index (χ1n) is 3.34. The zero-order valence-corrected chi connectivity index (χ0v) is 6.23. The van der Waals surface area contributed by atoms with E-state index >= 15 is 0 Å². The molecule has 3 N–H and O–H groups in total. The first-order valence-corrected chi connectivity index (χ1v) is 3.34. The summed E-state index contributed by atoms with van der Waals surface area (Å²) in [5.74, 6) is -1.15. The van der Waals surface area contributed by atoms with Crippen molar-refractivity contribution in [3.8, 4) is 0 Å². The van der Waals surface area contributed by atoms with E-state index in [-0.39, 0.29) is 13.1 Å². The molecule has 0 aromatic rings. The lowest BCUT2D eigenvalue weighted by molar-refractivity contribution is -0.162. The van der Waals surface area contributed by atoms with Crippen molar-refractivity contribution >= 4 is 12.1 Å². The van der Waals surface area contributed by atoms with Crippen LogP contribution in [0.15, 0.2) is 0 Å². The van der Waals surface area contributed by atoms with E-state index in [0.29, 0.717) is 0 Å². The molecule has 0 aliphatic carbocycles. The van der Waals surface area contributed by atoms with Crippen LogP contribution in [0, 0.1) is 5.41 Å². The van der Waals surface area contributed by atoms with E-state index in [1.54, 1.807) is 0 Å². The minimum atomic E-state index is -1.27. The number of rotatable bonds is 2. The second-order valence-electron chi connectivity index (χ2n) is 2.88. The number of aliphatic hydroxyl groups excluding tert-OH is 1. The van der Waals surface area contributed by atoms with Crippen LogP contribution in [-0.2, 0) is 4.79 Å². The number of hydrogen-bond donors (Lipinski definition) is 3. The van der Waals surface area contributed by atoms with Gasteiger partial charge in [0.15, 0.2) is 0 Å². The van der Waals surface area contributed by atoms with Gasteiger partial charge in [-0.3, -0.25) is 4.79 Å². The molecule has 1 rings (SSSR count). The molecule has 6 nitrogen and oxygen atoms in total. The Balaban J connectivity index is 2.58. The largest absolute Gasteiger partial charge is 0.481 e. The van der Waals surface area contributed by atoms with Crippen LogP contribution in [0.25, 0.3) is 0 Å². The Morgan fingerprint density at radius 3 is 2.08 bits per heavy atom. The van der Waals surface area contributed by atoms with E-state index < -0.39 is 24.1 Å². The molecule has 0 unspecified atom stereocenters. The average molecular weight is 175 g/mol. The SMILES string of the molecule is O=C(O)N1CC(CO)(C(=O)O)C1. The monoisotopic (exact) mass is 175 g/mol. The molecule has 1 saturated heterocycles. The maximum atomic E-state index is 10.5. The van der Waals surface area contributed by atoms with E-state index in [4.69, 9.17) is 15.3 Å². The standard InChI is InChI=1S/C6H9NO5/c8-3-6(4(9)10)1-7(2-6)5(11)12/h8H,1-3H2,(H,9,10)(H,11,12). The highest BCUT2D eigenvalue weighted by Gasteiger charge is 2.51. The van der Waals surface area contributed by atoms with Crippen molar-refractivity contribution in [3.05, 3.63) is 0 Å². The summed E-state index contributed by atoms with van der Waals surface area (Å²) in [6, 6.07) is 0. The molecule has 1 fully saturated rings. The van der Waals surface area contributed by atoms with Gasteiger partial charge in [-0.05, 0) is 0 Å². The summed E-state index contributed by atoms with van der Waals surface area (Å²) in [4.78, 5) is 21.7. The van der Waals surface area contributed by atoms with Crippen LogP contribution in [0.3, 0.4) is 0 Å². The lowest BCUT2D eigenvalue weighted by Crippen LogP contribution is -2.63. The van der Waals surface area contributed by atoms with Gasteiger partial charge in [0, 0.05) is 13.1 Å². The lowest BCUT2D eigenvalue weighted by Gasteiger charge is -2.44. The lowest BCUT2D eigenvalue weighted by atomic mass is 9.81. The summed E-state index contributed by atoms with van der Waals surface area (Å²) in [5, 5.41) is 25.7. The summed E-state index contributed by atoms with van der Waals surface area (Å²) < 4.78 is 0. The fourth-order valence-electron chi connectivity index (χ4n) is 1.12. The van der Waals surface area contributed by atoms with Gasteiger partial charge in [-0.15, -0.1) is 0 Å². The fraction of sp³-hybridized carbons (Fsp3) is 0.667. The van der Waals surface area contributed by atoms with Crippen LogP contribution in [0.5, 0.6) is 0 Å². The number of likely N-dealkylation sites (tertiary alicyclic amines) is 1. The van der Waals surface area contributed by atoms with Gasteiger partial charge in [0.25, 0.3) is 0 Å². The number of aliphatic carboxylic acids is 1. The molecular formula is C6H9NO5. The van der Waals surface area contributed by atoms with Crippen LogP contribution >= 0.6 is 0 Å². The average Bonchev–Trinajstić information content (AvgIpc) is 1.84. The predicted octanol–water partition coefficient (Wildman–Crippen LogP) is -0.957. The molecule has 1 aliphatic heterocycles. The molecule has 12 heavy (non-hydrogen) atoms. The normalized spacial score (nSPS) is 19.9. The second kappa shape index (κ2) is 2.63. The van der Waals surface area contributed by atoms with Crippen molar-refractivity contribution < 1.29 is 24.9 Å². The second-order valence-corrected chi connectivity index (χ2v) is 2.88. The number of hydrogen-bond acceptors (Lipinski definition) is 3. The van der Waals surface area contributed by atoms with Gasteiger partial charge in [-0.1, -0.05) is 0 Å². The Hall–Kier alpha value is -1.30. The van der Waals surface area contributed by atoms with Crippen LogP contribution in [-0.4, -0.2) is 52.0 Å². The third-order valence-corrected chi connectivity index (χ3v) is 2.01. The Morgan fingerprint density at radius 2 is 1.83 bits per heavy atom. The van der Waals surface area contributed by atoms with Crippen molar-refractivity contribution in [2.45, 2.75) is 0 Å². The smallest absolute Gasteiger partial charge is 0.407 e. The zero-order valence-electron chi connectivity index (χ0n) is 6.23. The highest BCUT2D eigenvalue weighted by Crippen LogP contribution is 2.29. The summed E-state index contributed by atoms with van der Waals surface area (Å²) >= 11 is 0. The highest BCUT2D eigenvalue weighted by molar-refractivity contribution is 5.80. The highest BCUT2D eigenvalue weighted by atomic mass is 16.4. The van der Waals surface area contributed by atoms with Crippen LogP contribution in [0.2, 0.25) is 0 Å². The van der Waals surface area contributed by atoms with E-state index in [9.17, 15) is 9.59 Å². The maximum absolute atomic E-state index is 10.5. The number of carboxylic acid groups (broad SMARTS) is 2. The van der Waals surface area contributed by atoms with Gasteiger partial charge in [0.05, 0.1) is 6.61 Å². The summed E-state index contributed by atoms with van der Waals surface area (Å²) in [6.45, 7) is -0.783. The quantitative estimate of drug-likeness (QED) is 0.502. The number of nitrogens with zero attached hydrogens (tertiary/aromatic N) is 1.